The van der Waals surface area contributed by atoms with E-state index < -0.39 is 47.3 Å². The molecule has 12 nitrogen and oxygen atoms in total. The van der Waals surface area contributed by atoms with Gasteiger partial charge in [-0.25, -0.2) is 24.0 Å². The number of aliphatic carboxylic acids is 3. The number of carboxylic acid groups (broad SMARTS) is 4. The van der Waals surface area contributed by atoms with Gasteiger partial charge in [0.25, 0.3) is 11.7 Å². The standard InChI is InChI=1S/C18H14N2O10/c21-14(22)9-3-7(4-10(19-9)15(23)24)1-2-20-11(16(25)26)5-8-6-12(17(27)28)30-18(29)13(8)20/h1-3,6,10-11H,4-5H2,(H4,21,22,23,24,25,26,27,28)/p+1. The fourth-order valence-electron chi connectivity index (χ4n) is 3.24. The van der Waals surface area contributed by atoms with E-state index >= 15 is 0 Å². The van der Waals surface area contributed by atoms with Gasteiger partial charge in [-0.1, -0.05) is 0 Å². The van der Waals surface area contributed by atoms with Crippen LogP contribution in [0, 0.1) is 0 Å². The first-order valence-electron chi connectivity index (χ1n) is 8.48. The van der Waals surface area contributed by atoms with Crippen molar-refractivity contribution in [2.45, 2.75) is 24.9 Å². The Morgan fingerprint density at radius 3 is 2.33 bits per heavy atom. The van der Waals surface area contributed by atoms with Crippen molar-refractivity contribution in [1.82, 2.24) is 5.32 Å². The zero-order valence-corrected chi connectivity index (χ0v) is 15.1. The van der Waals surface area contributed by atoms with Crippen molar-refractivity contribution in [2.75, 3.05) is 0 Å². The van der Waals surface area contributed by atoms with E-state index in [4.69, 9.17) is 14.6 Å². The molecule has 30 heavy (non-hydrogen) atoms. The van der Waals surface area contributed by atoms with Crippen LogP contribution >= 0.6 is 0 Å². The summed E-state index contributed by atoms with van der Waals surface area (Å²) in [5.41, 5.74) is -1.12. The van der Waals surface area contributed by atoms with E-state index in [0.717, 1.165) is 10.6 Å². The molecule has 2 atom stereocenters. The molecule has 3 rings (SSSR count). The smallest absolute Gasteiger partial charge is 0.409 e. The number of carbonyl (C=O) groups is 4. The molecule has 0 saturated carbocycles. The average Bonchev–Trinajstić information content (AvgIpc) is 3.05. The quantitative estimate of drug-likeness (QED) is 0.383. The summed E-state index contributed by atoms with van der Waals surface area (Å²) in [5, 5.41) is 39.2. The molecule has 3 heterocycles. The number of hydrogen-bond donors (Lipinski definition) is 5. The molecule has 1 aromatic heterocycles. The van der Waals surface area contributed by atoms with Crippen molar-refractivity contribution < 1.29 is 48.6 Å². The molecule has 2 aliphatic heterocycles. The Bertz CT molecular complexity index is 1120. The van der Waals surface area contributed by atoms with Crippen LogP contribution in [0.2, 0.25) is 0 Å². The Morgan fingerprint density at radius 2 is 1.77 bits per heavy atom. The number of fused-ring (bicyclic) bond motifs is 1. The number of nitrogens with one attached hydrogen (secondary N) is 1. The van der Waals surface area contributed by atoms with E-state index in [-0.39, 0.29) is 35.4 Å². The number of aromatic carboxylic acids is 1. The lowest BCUT2D eigenvalue weighted by molar-refractivity contribution is -0.458. The summed E-state index contributed by atoms with van der Waals surface area (Å²) < 4.78 is 5.80. The van der Waals surface area contributed by atoms with Crippen LogP contribution in [0.15, 0.2) is 38.7 Å². The fourth-order valence-corrected chi connectivity index (χ4v) is 3.24. The molecule has 0 bridgehead atoms. The van der Waals surface area contributed by atoms with Crippen LogP contribution in [0.25, 0.3) is 0 Å². The second-order valence-electron chi connectivity index (χ2n) is 6.54. The topological polar surface area (TPSA) is 194 Å². The molecule has 0 aromatic carbocycles. The Balaban J connectivity index is 2.09. The number of nitrogens with zero attached hydrogens (tertiary/aromatic N) is 1. The zero-order chi connectivity index (χ0) is 22.2. The Labute approximate surface area is 166 Å². The first-order chi connectivity index (χ1) is 14.1. The van der Waals surface area contributed by atoms with Crippen LogP contribution < -0.4 is 10.9 Å². The van der Waals surface area contributed by atoms with Gasteiger partial charge in [-0.3, -0.25) is 0 Å². The molecule has 0 aliphatic carbocycles. The molecule has 12 heteroatoms. The summed E-state index contributed by atoms with van der Waals surface area (Å²) in [7, 11) is 0. The predicted molar refractivity (Wildman–Crippen MR) is 96.0 cm³/mol. The van der Waals surface area contributed by atoms with E-state index in [1.165, 1.54) is 18.4 Å². The largest absolute Gasteiger partial charge is 0.480 e. The molecule has 5 N–H and O–H groups in total. The third kappa shape index (κ3) is 3.83. The summed E-state index contributed by atoms with van der Waals surface area (Å²) >= 11 is 0. The lowest BCUT2D eigenvalue weighted by Crippen LogP contribution is -2.41. The minimum atomic E-state index is -1.48. The van der Waals surface area contributed by atoms with Crippen LogP contribution in [-0.2, 0) is 20.8 Å². The summed E-state index contributed by atoms with van der Waals surface area (Å²) in [4.78, 5) is 57.4. The molecule has 2 unspecified atom stereocenters. The minimum absolute atomic E-state index is 0.0897. The molecule has 0 spiro atoms. The molecule has 0 radical (unpaired) electrons. The molecule has 0 amide bonds. The molecule has 156 valence electrons. The lowest BCUT2D eigenvalue weighted by atomic mass is 10.00. The van der Waals surface area contributed by atoms with Crippen LogP contribution in [0.4, 0.5) is 5.69 Å². The van der Waals surface area contributed by atoms with Crippen molar-refractivity contribution in [1.29, 1.82) is 0 Å². The summed E-state index contributed by atoms with van der Waals surface area (Å²) in [6.07, 6.45) is 3.45. The molecule has 0 saturated heterocycles. The third-order valence-corrected chi connectivity index (χ3v) is 4.59. The van der Waals surface area contributed by atoms with Crippen LogP contribution in [0.1, 0.15) is 22.5 Å². The van der Waals surface area contributed by atoms with Crippen LogP contribution in [0.3, 0.4) is 0 Å². The SMILES string of the molecule is O=C(O)C1=CC(=CC=[N+]2c3c(cc(C(=O)O)oc3=O)CC2C(=O)O)CC(C(=O)O)N1. The van der Waals surface area contributed by atoms with Crippen molar-refractivity contribution in [3.63, 3.8) is 0 Å². The zero-order valence-electron chi connectivity index (χ0n) is 15.1. The lowest BCUT2D eigenvalue weighted by Gasteiger charge is -2.21. The van der Waals surface area contributed by atoms with Gasteiger partial charge in [0.05, 0.1) is 6.42 Å². The van der Waals surface area contributed by atoms with Gasteiger partial charge >= 0.3 is 29.5 Å². The maximum atomic E-state index is 12.3. The summed E-state index contributed by atoms with van der Waals surface area (Å²) in [5.74, 6) is -6.03. The van der Waals surface area contributed by atoms with Crippen molar-refractivity contribution in [2.24, 2.45) is 0 Å². The normalized spacial score (nSPS) is 22.9. The van der Waals surface area contributed by atoms with Gasteiger partial charge in [0.2, 0.25) is 5.76 Å². The second kappa shape index (κ2) is 7.66. The maximum absolute atomic E-state index is 12.3. The highest BCUT2D eigenvalue weighted by atomic mass is 16.4. The second-order valence-corrected chi connectivity index (χ2v) is 6.54. The van der Waals surface area contributed by atoms with Gasteiger partial charge in [0.15, 0.2) is 6.21 Å². The number of rotatable bonds is 5. The third-order valence-electron chi connectivity index (χ3n) is 4.59. The van der Waals surface area contributed by atoms with E-state index in [0.29, 0.717) is 0 Å². The first-order valence-corrected chi connectivity index (χ1v) is 8.48. The van der Waals surface area contributed by atoms with E-state index in [1.54, 1.807) is 0 Å². The van der Waals surface area contributed by atoms with E-state index in [2.05, 4.69) is 5.32 Å². The highest BCUT2D eigenvalue weighted by Gasteiger charge is 2.43. The number of carboxylic acids is 4. The van der Waals surface area contributed by atoms with E-state index in [1.807, 2.05) is 0 Å². The van der Waals surface area contributed by atoms with Crippen LogP contribution in [-0.4, -0.2) is 67.2 Å². The summed E-state index contributed by atoms with van der Waals surface area (Å²) in [6.45, 7) is 0. The summed E-state index contributed by atoms with van der Waals surface area (Å²) in [6, 6.07) is -1.36. The van der Waals surface area contributed by atoms with Gasteiger partial charge in [0.1, 0.15) is 11.7 Å². The highest BCUT2D eigenvalue weighted by Crippen LogP contribution is 2.28. The maximum Gasteiger partial charge on any atom is 0.409 e. The predicted octanol–water partition coefficient (Wildman–Crippen LogP) is -0.596. The monoisotopic (exact) mass is 419 g/mol. The Hall–Kier alpha value is -4.22. The first kappa shape index (κ1) is 20.5. The van der Waals surface area contributed by atoms with Crippen molar-refractivity contribution in [3.8, 4) is 0 Å². The van der Waals surface area contributed by atoms with Gasteiger partial charge < -0.3 is 30.2 Å². The molecular formula is C18H15N2O10+. The van der Waals surface area contributed by atoms with Gasteiger partial charge in [-0.05, 0) is 17.7 Å². The fraction of sp³-hybridized carbons (Fsp3) is 0.222. The van der Waals surface area contributed by atoms with Gasteiger partial charge in [-0.15, -0.1) is 0 Å². The van der Waals surface area contributed by atoms with Gasteiger partial charge in [0, 0.05) is 18.1 Å². The molecule has 1 aromatic rings. The highest BCUT2D eigenvalue weighted by molar-refractivity contribution is 5.90. The minimum Gasteiger partial charge on any atom is -0.480 e. The Morgan fingerprint density at radius 1 is 1.07 bits per heavy atom. The molecule has 0 fully saturated rings. The van der Waals surface area contributed by atoms with Crippen molar-refractivity contribution in [3.05, 3.63) is 51.2 Å². The average molecular weight is 419 g/mol. The molecule has 2 aliphatic rings. The van der Waals surface area contributed by atoms with E-state index in [9.17, 15) is 34.2 Å². The van der Waals surface area contributed by atoms with Crippen molar-refractivity contribution >= 4 is 35.8 Å². The number of hydrogen-bond acceptors (Lipinski definition) is 7. The number of allylic oxidation sites excluding steroid dienone is 2. The molecular weight excluding hydrogens is 404 g/mol. The van der Waals surface area contributed by atoms with Gasteiger partial charge in [-0.2, -0.15) is 4.58 Å². The van der Waals surface area contributed by atoms with Crippen LogP contribution in [0.5, 0.6) is 0 Å². The Kier molecular flexibility index (Phi) is 5.24.